The number of nitrogens with one attached hydrogen (secondary N) is 1. The van der Waals surface area contributed by atoms with Gasteiger partial charge in [0, 0.05) is 31.6 Å². The van der Waals surface area contributed by atoms with Crippen LogP contribution in [0.2, 0.25) is 0 Å². The van der Waals surface area contributed by atoms with Gasteiger partial charge in [-0.25, -0.2) is 0 Å². The zero-order chi connectivity index (χ0) is 12.4. The molecule has 1 atom stereocenters. The molecule has 1 aromatic carbocycles. The summed E-state index contributed by atoms with van der Waals surface area (Å²) >= 11 is 0. The molecule has 4 heteroatoms. The molecule has 4 nitrogen and oxygen atoms in total. The molecule has 96 valence electrons. The quantitative estimate of drug-likeness (QED) is 0.897. The highest BCUT2D eigenvalue weighted by atomic mass is 16.5. The van der Waals surface area contributed by atoms with Crippen molar-refractivity contribution in [1.82, 2.24) is 5.32 Å². The van der Waals surface area contributed by atoms with Crippen LogP contribution in [0.15, 0.2) is 34.9 Å². The summed E-state index contributed by atoms with van der Waals surface area (Å²) in [4.78, 5) is 2.22. The molecule has 1 aromatic heterocycles. The SMILES string of the molecule is CN(CC1COCCN1)c1coc2ccccc12. The van der Waals surface area contributed by atoms with Crippen molar-refractivity contribution < 1.29 is 9.15 Å². The maximum Gasteiger partial charge on any atom is 0.136 e. The average molecular weight is 246 g/mol. The van der Waals surface area contributed by atoms with Crippen molar-refractivity contribution in [1.29, 1.82) is 0 Å². The average Bonchev–Trinajstić information content (AvgIpc) is 2.84. The number of anilines is 1. The largest absolute Gasteiger partial charge is 0.462 e. The Balaban J connectivity index is 1.76. The van der Waals surface area contributed by atoms with E-state index in [0.29, 0.717) is 6.04 Å². The van der Waals surface area contributed by atoms with E-state index < -0.39 is 0 Å². The van der Waals surface area contributed by atoms with Gasteiger partial charge in [-0.15, -0.1) is 0 Å². The number of benzene rings is 1. The van der Waals surface area contributed by atoms with Crippen molar-refractivity contribution in [2.75, 3.05) is 38.3 Å². The molecule has 1 unspecified atom stereocenters. The minimum atomic E-state index is 0.386. The second kappa shape index (κ2) is 5.00. The molecular formula is C14H18N2O2. The minimum absolute atomic E-state index is 0.386. The molecule has 0 aliphatic carbocycles. The summed E-state index contributed by atoms with van der Waals surface area (Å²) < 4.78 is 11.0. The first-order valence-electron chi connectivity index (χ1n) is 6.33. The third kappa shape index (κ3) is 2.21. The van der Waals surface area contributed by atoms with Gasteiger partial charge in [-0.1, -0.05) is 12.1 Å². The van der Waals surface area contributed by atoms with Crippen LogP contribution in [0.4, 0.5) is 5.69 Å². The third-order valence-electron chi connectivity index (χ3n) is 3.36. The Morgan fingerprint density at radius 1 is 1.39 bits per heavy atom. The van der Waals surface area contributed by atoms with Gasteiger partial charge in [-0.3, -0.25) is 0 Å². The highest BCUT2D eigenvalue weighted by Crippen LogP contribution is 2.28. The number of morpholine rings is 1. The van der Waals surface area contributed by atoms with Gasteiger partial charge in [0.1, 0.15) is 11.8 Å². The molecule has 0 amide bonds. The normalized spacial score (nSPS) is 20.2. The Labute approximate surface area is 107 Å². The molecule has 1 fully saturated rings. The van der Waals surface area contributed by atoms with Crippen LogP contribution in [0.1, 0.15) is 0 Å². The maximum atomic E-state index is 5.57. The summed E-state index contributed by atoms with van der Waals surface area (Å²) in [6, 6.07) is 8.50. The Kier molecular flexibility index (Phi) is 3.21. The van der Waals surface area contributed by atoms with Crippen LogP contribution in [-0.4, -0.2) is 39.4 Å². The summed E-state index contributed by atoms with van der Waals surface area (Å²) in [6.07, 6.45) is 1.83. The van der Waals surface area contributed by atoms with Gasteiger partial charge >= 0.3 is 0 Å². The Morgan fingerprint density at radius 3 is 3.11 bits per heavy atom. The number of fused-ring (bicyclic) bond motifs is 1. The van der Waals surface area contributed by atoms with E-state index in [1.54, 1.807) is 0 Å². The molecule has 2 aromatic rings. The minimum Gasteiger partial charge on any atom is -0.462 e. The number of para-hydroxylation sites is 1. The number of ether oxygens (including phenoxy) is 1. The van der Waals surface area contributed by atoms with Gasteiger partial charge in [0.15, 0.2) is 0 Å². The van der Waals surface area contributed by atoms with Crippen LogP contribution in [0, 0.1) is 0 Å². The fraction of sp³-hybridized carbons (Fsp3) is 0.429. The summed E-state index contributed by atoms with van der Waals surface area (Å²) in [6.45, 7) is 3.45. The van der Waals surface area contributed by atoms with Crippen molar-refractivity contribution >= 4 is 16.7 Å². The van der Waals surface area contributed by atoms with Gasteiger partial charge in [-0.2, -0.15) is 0 Å². The van der Waals surface area contributed by atoms with Crippen LogP contribution in [0.5, 0.6) is 0 Å². The molecule has 18 heavy (non-hydrogen) atoms. The van der Waals surface area contributed by atoms with Crippen LogP contribution < -0.4 is 10.2 Å². The van der Waals surface area contributed by atoms with Gasteiger partial charge in [0.05, 0.1) is 18.9 Å². The van der Waals surface area contributed by atoms with E-state index in [2.05, 4.69) is 23.3 Å². The van der Waals surface area contributed by atoms with E-state index in [1.807, 2.05) is 24.5 Å². The molecule has 0 bridgehead atoms. The van der Waals surface area contributed by atoms with Crippen LogP contribution in [0.25, 0.3) is 11.0 Å². The molecule has 0 saturated carbocycles. The molecule has 1 aliphatic rings. The lowest BCUT2D eigenvalue weighted by atomic mass is 10.2. The van der Waals surface area contributed by atoms with Crippen molar-refractivity contribution in [2.24, 2.45) is 0 Å². The molecule has 1 aliphatic heterocycles. The summed E-state index contributed by atoms with van der Waals surface area (Å²) in [5.41, 5.74) is 2.07. The first-order valence-corrected chi connectivity index (χ1v) is 6.33. The van der Waals surface area contributed by atoms with Crippen molar-refractivity contribution in [3.05, 3.63) is 30.5 Å². The number of hydrogen-bond acceptors (Lipinski definition) is 4. The summed E-state index contributed by atoms with van der Waals surface area (Å²) in [5, 5.41) is 4.63. The Hall–Kier alpha value is -1.52. The second-order valence-corrected chi connectivity index (χ2v) is 4.72. The van der Waals surface area contributed by atoms with E-state index >= 15 is 0 Å². The summed E-state index contributed by atoms with van der Waals surface area (Å²) in [5.74, 6) is 0. The van der Waals surface area contributed by atoms with E-state index in [0.717, 1.165) is 43.0 Å². The van der Waals surface area contributed by atoms with Crippen LogP contribution in [0.3, 0.4) is 0 Å². The number of nitrogens with zero attached hydrogens (tertiary/aromatic N) is 1. The smallest absolute Gasteiger partial charge is 0.136 e. The van der Waals surface area contributed by atoms with Gasteiger partial charge in [-0.05, 0) is 12.1 Å². The molecular weight excluding hydrogens is 228 g/mol. The van der Waals surface area contributed by atoms with Crippen molar-refractivity contribution in [3.63, 3.8) is 0 Å². The zero-order valence-corrected chi connectivity index (χ0v) is 10.6. The Morgan fingerprint density at radius 2 is 2.28 bits per heavy atom. The van der Waals surface area contributed by atoms with Crippen LogP contribution in [-0.2, 0) is 4.74 Å². The monoisotopic (exact) mass is 246 g/mol. The van der Waals surface area contributed by atoms with E-state index in [9.17, 15) is 0 Å². The third-order valence-corrected chi connectivity index (χ3v) is 3.36. The number of hydrogen-bond donors (Lipinski definition) is 1. The fourth-order valence-corrected chi connectivity index (χ4v) is 2.43. The molecule has 0 spiro atoms. The van der Waals surface area contributed by atoms with Gasteiger partial charge in [0.2, 0.25) is 0 Å². The molecule has 3 rings (SSSR count). The molecule has 2 heterocycles. The second-order valence-electron chi connectivity index (χ2n) is 4.72. The number of furan rings is 1. The van der Waals surface area contributed by atoms with Crippen LogP contribution >= 0.6 is 0 Å². The van der Waals surface area contributed by atoms with Crippen molar-refractivity contribution in [3.8, 4) is 0 Å². The molecule has 1 N–H and O–H groups in total. The lowest BCUT2D eigenvalue weighted by Gasteiger charge is -2.28. The lowest BCUT2D eigenvalue weighted by Crippen LogP contribution is -2.47. The van der Waals surface area contributed by atoms with E-state index in [-0.39, 0.29) is 0 Å². The lowest BCUT2D eigenvalue weighted by molar-refractivity contribution is 0.0791. The topological polar surface area (TPSA) is 37.6 Å². The first kappa shape index (κ1) is 11.6. The van der Waals surface area contributed by atoms with Gasteiger partial charge < -0.3 is 19.4 Å². The van der Waals surface area contributed by atoms with Crippen molar-refractivity contribution in [2.45, 2.75) is 6.04 Å². The highest BCUT2D eigenvalue weighted by molar-refractivity contribution is 5.90. The number of likely N-dealkylation sites (N-methyl/N-ethyl adjacent to an activating group) is 1. The molecule has 0 radical (unpaired) electrons. The number of rotatable bonds is 3. The fourth-order valence-electron chi connectivity index (χ4n) is 2.43. The predicted octanol–water partition coefficient (Wildman–Crippen LogP) is 1.86. The van der Waals surface area contributed by atoms with Gasteiger partial charge in [0.25, 0.3) is 0 Å². The predicted molar refractivity (Wildman–Crippen MR) is 72.1 cm³/mol. The van der Waals surface area contributed by atoms with E-state index in [4.69, 9.17) is 9.15 Å². The zero-order valence-electron chi connectivity index (χ0n) is 10.6. The molecule has 1 saturated heterocycles. The summed E-state index contributed by atoms with van der Waals surface area (Å²) in [7, 11) is 2.09. The van der Waals surface area contributed by atoms with E-state index in [1.165, 1.54) is 0 Å². The highest BCUT2D eigenvalue weighted by Gasteiger charge is 2.17. The first-order chi connectivity index (χ1) is 8.84. The standard InChI is InChI=1S/C14H18N2O2/c1-16(8-11-9-17-7-6-15-11)13-10-18-14-5-3-2-4-12(13)14/h2-5,10-11,15H,6-9H2,1H3. The maximum absolute atomic E-state index is 5.57. The Bertz CT molecular complexity index is 517.